The number of esters is 1. The number of para-hydroxylation sites is 1. The van der Waals surface area contributed by atoms with Crippen molar-refractivity contribution in [3.05, 3.63) is 107 Å². The number of benzene rings is 3. The van der Waals surface area contributed by atoms with Gasteiger partial charge in [0.25, 0.3) is 17.3 Å². The summed E-state index contributed by atoms with van der Waals surface area (Å²) >= 11 is 0. The first-order valence-electron chi connectivity index (χ1n) is 13.3. The zero-order valence-corrected chi connectivity index (χ0v) is 22.9. The Morgan fingerprint density at radius 2 is 1.49 bits per heavy atom. The molecule has 8 heteroatoms. The predicted octanol–water partition coefficient (Wildman–Crippen LogP) is 5.07. The minimum Gasteiger partial charge on any atom is -0.497 e. The smallest absolute Gasteiger partial charge is 0.381 e. The molecule has 2 aliphatic heterocycles. The lowest BCUT2D eigenvalue weighted by Gasteiger charge is -2.33. The first-order chi connectivity index (χ1) is 19.7. The van der Waals surface area contributed by atoms with Crippen LogP contribution in [-0.4, -0.2) is 36.2 Å². The monoisotopic (exact) mass is 548 g/mol. The van der Waals surface area contributed by atoms with E-state index in [1.165, 1.54) is 4.90 Å². The van der Waals surface area contributed by atoms with E-state index < -0.39 is 28.7 Å². The van der Waals surface area contributed by atoms with Gasteiger partial charge in [-0.3, -0.25) is 19.3 Å². The Morgan fingerprint density at radius 1 is 0.854 bits per heavy atom. The van der Waals surface area contributed by atoms with Crippen molar-refractivity contribution in [3.63, 3.8) is 0 Å². The highest BCUT2D eigenvalue weighted by molar-refractivity contribution is 6.49. The van der Waals surface area contributed by atoms with Gasteiger partial charge in [0.05, 0.1) is 24.0 Å². The lowest BCUT2D eigenvalue weighted by atomic mass is 9.71. The fourth-order valence-corrected chi connectivity index (χ4v) is 5.93. The molecule has 1 amide bonds. The number of nitrogens with one attached hydrogen (secondary N) is 1. The molecule has 41 heavy (non-hydrogen) atoms. The molecule has 1 N–H and O–H groups in total. The molecule has 3 aliphatic rings. The maximum Gasteiger partial charge on any atom is 0.381 e. The van der Waals surface area contributed by atoms with Gasteiger partial charge in [-0.05, 0) is 53.8 Å². The highest BCUT2D eigenvalue weighted by atomic mass is 16.6. The van der Waals surface area contributed by atoms with E-state index in [1.807, 2.05) is 26.0 Å². The van der Waals surface area contributed by atoms with E-state index in [0.29, 0.717) is 34.8 Å². The van der Waals surface area contributed by atoms with E-state index in [9.17, 15) is 19.2 Å². The topological polar surface area (TPSA) is 102 Å². The van der Waals surface area contributed by atoms with E-state index >= 15 is 0 Å². The molecule has 0 bridgehead atoms. The molecule has 1 fully saturated rings. The van der Waals surface area contributed by atoms with Crippen LogP contribution in [-0.2, 0) is 23.9 Å². The summed E-state index contributed by atoms with van der Waals surface area (Å²) in [5, 5.41) is 3.26. The quantitative estimate of drug-likeness (QED) is 0.270. The number of nitrogens with zero attached hydrogens (tertiary/aromatic N) is 1. The lowest BCUT2D eigenvalue weighted by molar-refractivity contribution is -0.155. The van der Waals surface area contributed by atoms with E-state index in [2.05, 4.69) is 5.32 Å². The van der Waals surface area contributed by atoms with Crippen molar-refractivity contribution in [2.75, 3.05) is 17.3 Å². The number of rotatable bonds is 5. The Kier molecular flexibility index (Phi) is 6.14. The number of Topliss-reactive ketones (excluding diaryl/α,β-unsaturated/α-hetero) is 2. The molecule has 2 heterocycles. The molecule has 1 saturated heterocycles. The summed E-state index contributed by atoms with van der Waals surface area (Å²) < 4.78 is 11.1. The summed E-state index contributed by atoms with van der Waals surface area (Å²) in [6.45, 7) is 3.91. The average Bonchev–Trinajstić information content (AvgIpc) is 3.36. The summed E-state index contributed by atoms with van der Waals surface area (Å²) in [4.78, 5) is 56.9. The van der Waals surface area contributed by atoms with Gasteiger partial charge in [0, 0.05) is 23.5 Å². The molecule has 1 unspecified atom stereocenters. The van der Waals surface area contributed by atoms with Gasteiger partial charge in [-0.15, -0.1) is 0 Å². The standard InChI is InChI=1S/C33H28N2O6/c1-32(2)18-24-26(25(36)19-32)33(31(39)35(24)22-12-8-5-9-13-22)27(29(37)30(38)41-33)28(20-10-6-4-7-11-20)34-21-14-16-23(40-3)17-15-21/h4-17,34H,18-19H2,1-3H3/b28-27+. The number of carbonyl (C=O) groups excluding carboxylic acids is 4. The van der Waals surface area contributed by atoms with Crippen LogP contribution < -0.4 is 15.0 Å². The minimum absolute atomic E-state index is 0.0461. The molecule has 1 aliphatic carbocycles. The van der Waals surface area contributed by atoms with Crippen molar-refractivity contribution in [1.82, 2.24) is 0 Å². The molecule has 0 aromatic heterocycles. The van der Waals surface area contributed by atoms with Crippen LogP contribution in [0.2, 0.25) is 0 Å². The lowest BCUT2D eigenvalue weighted by Crippen LogP contribution is -2.46. The second-order valence-electron chi connectivity index (χ2n) is 11.1. The van der Waals surface area contributed by atoms with Crippen molar-refractivity contribution in [3.8, 4) is 5.75 Å². The van der Waals surface area contributed by atoms with Crippen molar-refractivity contribution in [1.29, 1.82) is 0 Å². The molecule has 1 spiro atoms. The minimum atomic E-state index is -2.22. The first-order valence-corrected chi connectivity index (χ1v) is 13.3. The fraction of sp³-hybridized carbons (Fsp3) is 0.212. The number of amides is 1. The van der Waals surface area contributed by atoms with Gasteiger partial charge in [-0.25, -0.2) is 4.79 Å². The largest absolute Gasteiger partial charge is 0.497 e. The van der Waals surface area contributed by atoms with Gasteiger partial charge in [0.2, 0.25) is 0 Å². The number of ketones is 2. The van der Waals surface area contributed by atoms with Gasteiger partial charge in [-0.2, -0.15) is 0 Å². The van der Waals surface area contributed by atoms with Gasteiger partial charge in [0.15, 0.2) is 5.78 Å². The number of hydrogen-bond donors (Lipinski definition) is 1. The molecule has 3 aromatic rings. The number of allylic oxidation sites excluding steroid dienone is 1. The Hall–Kier alpha value is -4.98. The van der Waals surface area contributed by atoms with Crippen LogP contribution in [0.25, 0.3) is 5.70 Å². The Morgan fingerprint density at radius 3 is 2.12 bits per heavy atom. The number of anilines is 2. The van der Waals surface area contributed by atoms with Gasteiger partial charge in [-0.1, -0.05) is 62.4 Å². The summed E-state index contributed by atoms with van der Waals surface area (Å²) in [7, 11) is 1.56. The van der Waals surface area contributed by atoms with Crippen LogP contribution in [0.4, 0.5) is 11.4 Å². The van der Waals surface area contributed by atoms with Crippen LogP contribution in [0.1, 0.15) is 32.3 Å². The maximum absolute atomic E-state index is 14.7. The third-order valence-corrected chi connectivity index (χ3v) is 7.68. The zero-order valence-electron chi connectivity index (χ0n) is 22.9. The van der Waals surface area contributed by atoms with Crippen molar-refractivity contribution < 1.29 is 28.7 Å². The normalized spacial score (nSPS) is 22.7. The molecular formula is C33H28N2O6. The Balaban J connectivity index is 1.65. The maximum atomic E-state index is 14.7. The van der Waals surface area contributed by atoms with Gasteiger partial charge >= 0.3 is 5.97 Å². The van der Waals surface area contributed by atoms with E-state index in [-0.39, 0.29) is 29.0 Å². The predicted molar refractivity (Wildman–Crippen MR) is 153 cm³/mol. The van der Waals surface area contributed by atoms with Crippen LogP contribution in [0.5, 0.6) is 5.75 Å². The fourth-order valence-electron chi connectivity index (χ4n) is 5.93. The highest BCUT2D eigenvalue weighted by Crippen LogP contribution is 2.54. The molecule has 0 radical (unpaired) electrons. The molecule has 206 valence electrons. The Bertz CT molecular complexity index is 1650. The number of hydrogen-bond acceptors (Lipinski definition) is 7. The SMILES string of the molecule is COc1ccc(N/C(=C2\C(=O)C(=O)OC23C(=O)N(c2ccccc2)C2=C3C(=O)CC(C)(C)C2)c2ccccc2)cc1. The van der Waals surface area contributed by atoms with Crippen LogP contribution >= 0.6 is 0 Å². The summed E-state index contributed by atoms with van der Waals surface area (Å²) in [5.74, 6) is -2.53. The summed E-state index contributed by atoms with van der Waals surface area (Å²) in [6, 6.07) is 24.8. The molecule has 3 aromatic carbocycles. The summed E-state index contributed by atoms with van der Waals surface area (Å²) in [5.41, 5.74) is -0.536. The van der Waals surface area contributed by atoms with Crippen molar-refractivity contribution in [2.24, 2.45) is 5.41 Å². The van der Waals surface area contributed by atoms with Crippen molar-refractivity contribution in [2.45, 2.75) is 32.3 Å². The Labute approximate surface area is 237 Å². The number of ether oxygens (including phenoxy) is 2. The second kappa shape index (κ2) is 9.59. The van der Waals surface area contributed by atoms with Gasteiger partial charge in [0.1, 0.15) is 5.75 Å². The number of fused-ring (bicyclic) bond motifs is 1. The highest BCUT2D eigenvalue weighted by Gasteiger charge is 2.69. The number of methoxy groups -OCH3 is 1. The first kappa shape index (κ1) is 26.3. The molecule has 1 atom stereocenters. The van der Waals surface area contributed by atoms with Crippen LogP contribution in [0.15, 0.2) is 102 Å². The van der Waals surface area contributed by atoms with Crippen LogP contribution in [0.3, 0.4) is 0 Å². The van der Waals surface area contributed by atoms with Crippen LogP contribution in [0, 0.1) is 5.41 Å². The van der Waals surface area contributed by atoms with E-state index in [0.717, 1.165) is 0 Å². The molecule has 0 saturated carbocycles. The molecule has 8 nitrogen and oxygen atoms in total. The molecular weight excluding hydrogens is 520 g/mol. The zero-order chi connectivity index (χ0) is 28.9. The van der Waals surface area contributed by atoms with Crippen molar-refractivity contribution >= 4 is 40.5 Å². The number of carbonyl (C=O) groups is 4. The second-order valence-corrected chi connectivity index (χ2v) is 11.1. The molecule has 6 rings (SSSR count). The summed E-state index contributed by atoms with van der Waals surface area (Å²) in [6.07, 6.45) is 0.511. The van der Waals surface area contributed by atoms with E-state index in [4.69, 9.17) is 9.47 Å². The third kappa shape index (κ3) is 4.14. The third-order valence-electron chi connectivity index (χ3n) is 7.68. The average molecular weight is 549 g/mol. The van der Waals surface area contributed by atoms with E-state index in [1.54, 1.807) is 79.9 Å². The van der Waals surface area contributed by atoms with Gasteiger partial charge < -0.3 is 14.8 Å².